The Bertz CT molecular complexity index is 1200. The molecule has 0 aliphatic carbocycles. The standard InChI is InChI=1S/C25H31ClN6O/c1-28-10-14-30(15-11-28)18-23-27-24-19(25(33)32(23)21-8-4-3-7-20(21)26)6-5-9-22(24)31-16-12-29(2)13-17-31/h3-9H,10-18H2,1-2H3. The minimum absolute atomic E-state index is 0.0618. The highest BCUT2D eigenvalue weighted by atomic mass is 35.5. The predicted octanol–water partition coefficient (Wildman–Crippen LogP) is 2.54. The summed E-state index contributed by atoms with van der Waals surface area (Å²) in [6, 6.07) is 13.5. The van der Waals surface area contributed by atoms with Gasteiger partial charge in [-0.2, -0.15) is 0 Å². The lowest BCUT2D eigenvalue weighted by Gasteiger charge is -2.35. The molecule has 0 saturated carbocycles. The molecule has 0 unspecified atom stereocenters. The predicted molar refractivity (Wildman–Crippen MR) is 135 cm³/mol. The van der Waals surface area contributed by atoms with E-state index in [9.17, 15) is 4.79 Å². The first-order chi connectivity index (χ1) is 16.0. The number of benzene rings is 2. The van der Waals surface area contributed by atoms with Gasteiger partial charge < -0.3 is 14.7 Å². The Morgan fingerprint density at radius 1 is 0.818 bits per heavy atom. The summed E-state index contributed by atoms with van der Waals surface area (Å²) in [7, 11) is 4.29. The van der Waals surface area contributed by atoms with Crippen LogP contribution < -0.4 is 10.5 Å². The van der Waals surface area contributed by atoms with Crippen molar-refractivity contribution in [1.82, 2.24) is 24.3 Å². The molecule has 5 rings (SSSR count). The lowest BCUT2D eigenvalue weighted by Crippen LogP contribution is -2.45. The first-order valence-corrected chi connectivity index (χ1v) is 12.0. The number of piperazine rings is 2. The van der Waals surface area contributed by atoms with E-state index in [2.05, 4.69) is 39.8 Å². The zero-order valence-corrected chi connectivity index (χ0v) is 20.1. The molecule has 2 aliphatic heterocycles. The van der Waals surface area contributed by atoms with Crippen molar-refractivity contribution in [1.29, 1.82) is 0 Å². The molecule has 2 aliphatic rings. The largest absolute Gasteiger partial charge is 0.367 e. The lowest BCUT2D eigenvalue weighted by atomic mass is 10.1. The van der Waals surface area contributed by atoms with E-state index in [-0.39, 0.29) is 5.56 Å². The smallest absolute Gasteiger partial charge is 0.266 e. The van der Waals surface area contributed by atoms with Gasteiger partial charge in [-0.1, -0.05) is 29.8 Å². The van der Waals surface area contributed by atoms with Crippen molar-refractivity contribution in [2.75, 3.05) is 71.4 Å². The van der Waals surface area contributed by atoms with Gasteiger partial charge in [-0.05, 0) is 38.4 Å². The number of rotatable bonds is 4. The SMILES string of the molecule is CN1CCN(Cc2nc3c(N4CCN(C)CC4)cccc3c(=O)n2-c2ccccc2Cl)CC1. The van der Waals surface area contributed by atoms with Crippen LogP contribution in [0.1, 0.15) is 5.82 Å². The number of para-hydroxylation sites is 2. The molecule has 3 heterocycles. The molecule has 0 bridgehead atoms. The van der Waals surface area contributed by atoms with Gasteiger partial charge in [0, 0.05) is 52.4 Å². The summed E-state index contributed by atoms with van der Waals surface area (Å²) in [6.45, 7) is 8.40. The van der Waals surface area contributed by atoms with Crippen molar-refractivity contribution < 1.29 is 0 Å². The Balaban J connectivity index is 1.65. The van der Waals surface area contributed by atoms with Gasteiger partial charge in [0.25, 0.3) is 5.56 Å². The summed E-state index contributed by atoms with van der Waals surface area (Å²) >= 11 is 6.56. The van der Waals surface area contributed by atoms with Crippen LogP contribution in [0.4, 0.5) is 5.69 Å². The van der Waals surface area contributed by atoms with Gasteiger partial charge in [0.15, 0.2) is 0 Å². The van der Waals surface area contributed by atoms with Gasteiger partial charge in [-0.25, -0.2) is 4.98 Å². The van der Waals surface area contributed by atoms with E-state index < -0.39 is 0 Å². The van der Waals surface area contributed by atoms with Crippen LogP contribution in [-0.4, -0.2) is 90.7 Å². The molecular formula is C25H31ClN6O. The van der Waals surface area contributed by atoms with Gasteiger partial charge in [0.1, 0.15) is 11.3 Å². The maximum Gasteiger partial charge on any atom is 0.266 e. The van der Waals surface area contributed by atoms with Crippen molar-refractivity contribution in [3.63, 3.8) is 0 Å². The monoisotopic (exact) mass is 466 g/mol. The lowest BCUT2D eigenvalue weighted by molar-refractivity contribution is 0.144. The fraction of sp³-hybridized carbons (Fsp3) is 0.440. The Morgan fingerprint density at radius 2 is 1.45 bits per heavy atom. The van der Waals surface area contributed by atoms with Crippen LogP contribution in [-0.2, 0) is 6.54 Å². The molecule has 8 heteroatoms. The van der Waals surface area contributed by atoms with Crippen LogP contribution in [0, 0.1) is 0 Å². The van der Waals surface area contributed by atoms with Crippen LogP contribution in [0.5, 0.6) is 0 Å². The highest BCUT2D eigenvalue weighted by molar-refractivity contribution is 6.32. The molecule has 3 aromatic rings. The van der Waals surface area contributed by atoms with Gasteiger partial charge in [-0.15, -0.1) is 0 Å². The Hall–Kier alpha value is -2.45. The maximum absolute atomic E-state index is 13.9. The van der Waals surface area contributed by atoms with E-state index in [1.54, 1.807) is 4.57 Å². The number of aromatic nitrogens is 2. The topological polar surface area (TPSA) is 47.9 Å². The number of hydrogen-bond acceptors (Lipinski definition) is 6. The average Bonchev–Trinajstić information content (AvgIpc) is 2.82. The molecule has 1 aromatic heterocycles. The minimum atomic E-state index is -0.0618. The van der Waals surface area contributed by atoms with Gasteiger partial charge in [0.05, 0.1) is 28.3 Å². The van der Waals surface area contributed by atoms with Crippen LogP contribution >= 0.6 is 11.6 Å². The van der Waals surface area contributed by atoms with Crippen molar-refractivity contribution in [3.05, 3.63) is 63.7 Å². The third-order valence-electron chi connectivity index (χ3n) is 6.85. The fourth-order valence-electron chi connectivity index (χ4n) is 4.73. The maximum atomic E-state index is 13.9. The zero-order chi connectivity index (χ0) is 22.9. The Kier molecular flexibility index (Phi) is 6.38. The zero-order valence-electron chi connectivity index (χ0n) is 19.4. The molecule has 33 heavy (non-hydrogen) atoms. The Labute approximate surface area is 199 Å². The molecule has 0 radical (unpaired) electrons. The van der Waals surface area contributed by atoms with Crippen molar-refractivity contribution >= 4 is 28.2 Å². The summed E-state index contributed by atoms with van der Waals surface area (Å²) in [5.74, 6) is 0.742. The number of anilines is 1. The van der Waals surface area contributed by atoms with Crippen LogP contribution in [0.25, 0.3) is 16.6 Å². The quantitative estimate of drug-likeness (QED) is 0.589. The highest BCUT2D eigenvalue weighted by Gasteiger charge is 2.23. The molecule has 174 valence electrons. The van der Waals surface area contributed by atoms with E-state index in [1.165, 1.54) is 0 Å². The van der Waals surface area contributed by atoms with Crippen molar-refractivity contribution in [2.45, 2.75) is 6.54 Å². The summed E-state index contributed by atoms with van der Waals surface area (Å²) < 4.78 is 1.72. The normalized spacial score (nSPS) is 18.8. The number of likely N-dealkylation sites (N-methyl/N-ethyl adjacent to an activating group) is 2. The summed E-state index contributed by atoms with van der Waals surface area (Å²) in [5.41, 5.74) is 2.46. The molecule has 2 fully saturated rings. The second kappa shape index (κ2) is 9.43. The van der Waals surface area contributed by atoms with E-state index in [0.29, 0.717) is 22.6 Å². The Morgan fingerprint density at radius 3 is 2.15 bits per heavy atom. The molecule has 0 N–H and O–H groups in total. The summed E-state index contributed by atoms with van der Waals surface area (Å²) in [5, 5.41) is 1.18. The molecule has 2 saturated heterocycles. The molecule has 7 nitrogen and oxygen atoms in total. The second-order valence-corrected chi connectivity index (χ2v) is 9.57. The average molecular weight is 467 g/mol. The van der Waals surface area contributed by atoms with Crippen molar-refractivity contribution in [2.24, 2.45) is 0 Å². The van der Waals surface area contributed by atoms with Gasteiger partial charge in [0.2, 0.25) is 0 Å². The van der Waals surface area contributed by atoms with Crippen molar-refractivity contribution in [3.8, 4) is 5.69 Å². The van der Waals surface area contributed by atoms with Gasteiger partial charge >= 0.3 is 0 Å². The van der Waals surface area contributed by atoms with Crippen LogP contribution in [0.3, 0.4) is 0 Å². The van der Waals surface area contributed by atoms with E-state index in [1.807, 2.05) is 36.4 Å². The highest BCUT2D eigenvalue weighted by Crippen LogP contribution is 2.27. The summed E-state index contributed by atoms with van der Waals surface area (Å²) in [4.78, 5) is 28.4. The fourth-order valence-corrected chi connectivity index (χ4v) is 4.95. The summed E-state index contributed by atoms with van der Waals surface area (Å²) in [6.07, 6.45) is 0. The van der Waals surface area contributed by atoms with Crippen LogP contribution in [0.2, 0.25) is 5.02 Å². The number of hydrogen-bond donors (Lipinski definition) is 0. The number of nitrogens with zero attached hydrogens (tertiary/aromatic N) is 6. The second-order valence-electron chi connectivity index (χ2n) is 9.16. The number of halogens is 1. The van der Waals surface area contributed by atoms with E-state index >= 15 is 0 Å². The first-order valence-electron chi connectivity index (χ1n) is 11.7. The molecule has 2 aromatic carbocycles. The number of fused-ring (bicyclic) bond motifs is 1. The molecule has 0 amide bonds. The molecular weight excluding hydrogens is 436 g/mol. The van der Waals surface area contributed by atoms with E-state index in [4.69, 9.17) is 16.6 Å². The van der Waals surface area contributed by atoms with Gasteiger partial charge in [-0.3, -0.25) is 14.3 Å². The minimum Gasteiger partial charge on any atom is -0.367 e. The third kappa shape index (κ3) is 4.51. The molecule has 0 spiro atoms. The van der Waals surface area contributed by atoms with Crippen LogP contribution in [0.15, 0.2) is 47.3 Å². The first kappa shape index (κ1) is 22.3. The van der Waals surface area contributed by atoms with E-state index in [0.717, 1.165) is 69.4 Å². The third-order valence-corrected chi connectivity index (χ3v) is 7.17. The molecule has 0 atom stereocenters.